The van der Waals surface area contributed by atoms with Crippen molar-refractivity contribution < 1.29 is 24.0 Å². The van der Waals surface area contributed by atoms with Gasteiger partial charge in [0, 0.05) is 16.2 Å². The number of ether oxygens (including phenoxy) is 1. The SMILES string of the molecule is O=C(Nc1ccc(Cl)c(Cl)c1)C(=O)[C@@H]([C@H]1OC(=O)c2ccccc21)[N+](=O)[O-]. The number of rotatable bonds is 5. The van der Waals surface area contributed by atoms with Gasteiger partial charge in [-0.2, -0.15) is 0 Å². The van der Waals surface area contributed by atoms with E-state index in [0.29, 0.717) is 0 Å². The molecule has 27 heavy (non-hydrogen) atoms. The first-order valence-electron chi connectivity index (χ1n) is 7.53. The molecule has 10 heteroatoms. The molecule has 2 aromatic carbocycles. The summed E-state index contributed by atoms with van der Waals surface area (Å²) in [6.45, 7) is 0. The minimum Gasteiger partial charge on any atom is -0.446 e. The molecule has 1 aliphatic heterocycles. The van der Waals surface area contributed by atoms with Crippen LogP contribution in [0.25, 0.3) is 0 Å². The number of hydrogen-bond donors (Lipinski definition) is 1. The number of nitrogens with zero attached hydrogens (tertiary/aromatic N) is 1. The highest BCUT2D eigenvalue weighted by atomic mass is 35.5. The van der Waals surface area contributed by atoms with Crippen LogP contribution in [0.4, 0.5) is 5.69 Å². The first-order valence-corrected chi connectivity index (χ1v) is 8.29. The molecule has 0 saturated carbocycles. The maximum Gasteiger partial charge on any atom is 0.339 e. The molecule has 0 spiro atoms. The van der Waals surface area contributed by atoms with E-state index in [1.807, 2.05) is 0 Å². The number of halogens is 2. The highest BCUT2D eigenvalue weighted by molar-refractivity contribution is 6.43. The number of hydrogen-bond acceptors (Lipinski definition) is 6. The fourth-order valence-corrected chi connectivity index (χ4v) is 2.95. The average molecular weight is 409 g/mol. The van der Waals surface area contributed by atoms with Crippen molar-refractivity contribution in [2.75, 3.05) is 5.32 Å². The van der Waals surface area contributed by atoms with E-state index in [2.05, 4.69) is 5.32 Å². The summed E-state index contributed by atoms with van der Waals surface area (Å²) < 4.78 is 4.99. The van der Waals surface area contributed by atoms with Crippen molar-refractivity contribution in [1.29, 1.82) is 0 Å². The van der Waals surface area contributed by atoms with Gasteiger partial charge in [-0.05, 0) is 24.3 Å². The van der Waals surface area contributed by atoms with Gasteiger partial charge in [0.25, 0.3) is 11.7 Å². The van der Waals surface area contributed by atoms with Gasteiger partial charge in [0.05, 0.1) is 15.6 Å². The van der Waals surface area contributed by atoms with E-state index in [-0.39, 0.29) is 26.9 Å². The summed E-state index contributed by atoms with van der Waals surface area (Å²) >= 11 is 11.6. The van der Waals surface area contributed by atoms with Gasteiger partial charge < -0.3 is 10.1 Å². The number of anilines is 1. The smallest absolute Gasteiger partial charge is 0.339 e. The van der Waals surface area contributed by atoms with E-state index < -0.39 is 34.7 Å². The van der Waals surface area contributed by atoms with E-state index in [9.17, 15) is 24.5 Å². The van der Waals surface area contributed by atoms with E-state index in [4.69, 9.17) is 27.9 Å². The van der Waals surface area contributed by atoms with Crippen LogP contribution in [0, 0.1) is 10.1 Å². The van der Waals surface area contributed by atoms with Gasteiger partial charge in [-0.1, -0.05) is 41.4 Å². The standard InChI is InChI=1S/C17H10Cl2N2O6/c18-11-6-5-8(7-12(11)19)20-16(23)14(22)13(21(25)26)15-9-3-1-2-4-10(9)17(24)27-15/h1-7,13,15H,(H,20,23)/t13-,15-/m0/s1. The number of cyclic esters (lactones) is 1. The van der Waals surface area contributed by atoms with Gasteiger partial charge in [-0.3, -0.25) is 19.7 Å². The van der Waals surface area contributed by atoms with E-state index in [1.165, 1.54) is 30.3 Å². The first-order chi connectivity index (χ1) is 12.8. The fourth-order valence-electron chi connectivity index (χ4n) is 2.65. The molecule has 0 unspecified atom stereocenters. The number of nitrogens with one attached hydrogen (secondary N) is 1. The van der Waals surface area contributed by atoms with Crippen LogP contribution < -0.4 is 5.32 Å². The minimum atomic E-state index is -2.08. The van der Waals surface area contributed by atoms with Crippen LogP contribution in [-0.4, -0.2) is 28.6 Å². The Balaban J connectivity index is 1.86. The topological polar surface area (TPSA) is 116 Å². The lowest BCUT2D eigenvalue weighted by Crippen LogP contribution is -2.42. The summed E-state index contributed by atoms with van der Waals surface area (Å²) in [5.41, 5.74) is 0.431. The molecule has 138 valence electrons. The predicted octanol–water partition coefficient (Wildman–Crippen LogP) is 3.06. The van der Waals surface area contributed by atoms with Gasteiger partial charge in [0.1, 0.15) is 0 Å². The lowest BCUT2D eigenvalue weighted by atomic mass is 9.97. The van der Waals surface area contributed by atoms with Gasteiger partial charge in [0.15, 0.2) is 0 Å². The number of Topliss-reactive ketones (excluding diaryl/α,β-unsaturated/α-hetero) is 1. The van der Waals surface area contributed by atoms with Crippen LogP contribution in [-0.2, 0) is 14.3 Å². The van der Waals surface area contributed by atoms with Crippen molar-refractivity contribution in [3.63, 3.8) is 0 Å². The quantitative estimate of drug-likeness (QED) is 0.351. The molecule has 8 nitrogen and oxygen atoms in total. The fraction of sp³-hybridized carbons (Fsp3) is 0.118. The van der Waals surface area contributed by atoms with Crippen LogP contribution in [0.1, 0.15) is 22.0 Å². The van der Waals surface area contributed by atoms with Crippen LogP contribution in [0.3, 0.4) is 0 Å². The molecular weight excluding hydrogens is 399 g/mol. The number of amides is 1. The monoisotopic (exact) mass is 408 g/mol. The van der Waals surface area contributed by atoms with Gasteiger partial charge in [-0.25, -0.2) is 4.79 Å². The second-order valence-electron chi connectivity index (χ2n) is 5.59. The molecular formula is C17H10Cl2N2O6. The molecule has 0 aromatic heterocycles. The zero-order valence-corrected chi connectivity index (χ0v) is 14.9. The Bertz CT molecular complexity index is 978. The Morgan fingerprint density at radius 2 is 1.85 bits per heavy atom. The number of ketones is 1. The Labute approximate surface area is 162 Å². The molecule has 0 bridgehead atoms. The Kier molecular flexibility index (Phi) is 5.11. The van der Waals surface area contributed by atoms with E-state index in [0.717, 1.165) is 0 Å². The van der Waals surface area contributed by atoms with Crippen LogP contribution in [0.2, 0.25) is 10.0 Å². The summed E-state index contributed by atoms with van der Waals surface area (Å²) in [6.07, 6.45) is -1.49. The van der Waals surface area contributed by atoms with Crippen molar-refractivity contribution in [2.45, 2.75) is 12.1 Å². The van der Waals surface area contributed by atoms with Crippen molar-refractivity contribution >= 4 is 46.5 Å². The number of nitro groups is 1. The first kappa shape index (κ1) is 18.8. The molecule has 2 atom stereocenters. The summed E-state index contributed by atoms with van der Waals surface area (Å²) in [7, 11) is 0. The predicted molar refractivity (Wildman–Crippen MR) is 95.5 cm³/mol. The largest absolute Gasteiger partial charge is 0.446 e. The van der Waals surface area contributed by atoms with Crippen LogP contribution >= 0.6 is 23.2 Å². The summed E-state index contributed by atoms with van der Waals surface area (Å²) in [6, 6.07) is 7.95. The number of carbonyl (C=O) groups excluding carboxylic acids is 3. The lowest BCUT2D eigenvalue weighted by Gasteiger charge is -2.15. The molecule has 3 rings (SSSR count). The highest BCUT2D eigenvalue weighted by Crippen LogP contribution is 2.34. The normalized spacial score (nSPS) is 16.2. The van der Waals surface area contributed by atoms with E-state index in [1.54, 1.807) is 12.1 Å². The van der Waals surface area contributed by atoms with Gasteiger partial charge in [-0.15, -0.1) is 0 Å². The maximum absolute atomic E-state index is 12.4. The Morgan fingerprint density at radius 1 is 1.15 bits per heavy atom. The van der Waals surface area contributed by atoms with Crippen molar-refractivity contribution in [2.24, 2.45) is 0 Å². The van der Waals surface area contributed by atoms with Gasteiger partial charge in [0.2, 0.25) is 6.10 Å². The second kappa shape index (κ2) is 7.34. The molecule has 1 heterocycles. The summed E-state index contributed by atoms with van der Waals surface area (Å²) in [5.74, 6) is -3.39. The molecule has 1 amide bonds. The van der Waals surface area contributed by atoms with E-state index >= 15 is 0 Å². The molecule has 1 aliphatic rings. The molecule has 0 saturated heterocycles. The minimum absolute atomic E-state index is 0.118. The lowest BCUT2D eigenvalue weighted by molar-refractivity contribution is -0.518. The molecule has 0 aliphatic carbocycles. The zero-order valence-electron chi connectivity index (χ0n) is 13.3. The zero-order chi connectivity index (χ0) is 19.7. The van der Waals surface area contributed by atoms with Crippen LogP contribution in [0.15, 0.2) is 42.5 Å². The maximum atomic E-state index is 12.4. The Morgan fingerprint density at radius 3 is 2.52 bits per heavy atom. The molecule has 1 N–H and O–H groups in total. The third-order valence-corrected chi connectivity index (χ3v) is 4.64. The highest BCUT2D eigenvalue weighted by Gasteiger charge is 2.49. The van der Waals surface area contributed by atoms with Gasteiger partial charge >= 0.3 is 12.0 Å². The third kappa shape index (κ3) is 3.62. The Hall–Kier alpha value is -2.97. The van der Waals surface area contributed by atoms with Crippen molar-refractivity contribution in [3.8, 4) is 0 Å². The second-order valence-corrected chi connectivity index (χ2v) is 6.41. The molecule has 2 aromatic rings. The number of fused-ring (bicyclic) bond motifs is 1. The molecule has 0 radical (unpaired) electrons. The number of carbonyl (C=O) groups is 3. The molecule has 0 fully saturated rings. The third-order valence-electron chi connectivity index (χ3n) is 3.91. The van der Waals surface area contributed by atoms with Crippen molar-refractivity contribution in [1.82, 2.24) is 0 Å². The summed E-state index contributed by atoms with van der Waals surface area (Å²) in [5, 5.41) is 14.1. The van der Waals surface area contributed by atoms with Crippen LogP contribution in [0.5, 0.6) is 0 Å². The number of esters is 1. The number of benzene rings is 2. The van der Waals surface area contributed by atoms with Crippen molar-refractivity contribution in [3.05, 3.63) is 73.8 Å². The summed E-state index contributed by atoms with van der Waals surface area (Å²) in [4.78, 5) is 47.1. The average Bonchev–Trinajstić information content (AvgIpc) is 2.95.